The molecule has 1 fully saturated rings. The van der Waals surface area contributed by atoms with Crippen molar-refractivity contribution in [3.8, 4) is 33.6 Å². The molecule has 6 aromatic rings. The molecule has 3 aromatic carbocycles. The summed E-state index contributed by atoms with van der Waals surface area (Å²) >= 11 is 0. The Kier molecular flexibility index (Phi) is 6.17. The van der Waals surface area contributed by atoms with Gasteiger partial charge in [-0.2, -0.15) is 5.10 Å². The number of aromatic nitrogens is 4. The van der Waals surface area contributed by atoms with Gasteiger partial charge >= 0.3 is 0 Å². The third-order valence-electron chi connectivity index (χ3n) is 7.90. The molecule has 0 amide bonds. The normalized spacial score (nSPS) is 14.1. The third-order valence-corrected chi connectivity index (χ3v) is 7.90. The molecule has 3 aromatic heterocycles. The maximum absolute atomic E-state index is 13.5. The second kappa shape index (κ2) is 10.1. The number of rotatable bonds is 7. The van der Waals surface area contributed by atoms with Crippen LogP contribution in [0.1, 0.15) is 24.8 Å². The first-order valence-electron chi connectivity index (χ1n) is 13.7. The number of likely N-dealkylation sites (tertiary alicyclic amines) is 1. The second-order valence-corrected chi connectivity index (χ2v) is 10.5. The minimum Gasteiger partial charge on any atom is -0.353 e. The Morgan fingerprint density at radius 3 is 2.51 bits per heavy atom. The molecule has 194 valence electrons. The average molecular weight is 516 g/mol. The van der Waals surface area contributed by atoms with Crippen molar-refractivity contribution in [2.24, 2.45) is 0 Å². The fourth-order valence-electron chi connectivity index (χ4n) is 5.86. The van der Waals surface area contributed by atoms with Gasteiger partial charge < -0.3 is 9.88 Å². The van der Waals surface area contributed by atoms with Gasteiger partial charge in [-0.05, 0) is 110 Å². The smallest absolute Gasteiger partial charge is 0.123 e. The number of hydrogen-bond donors (Lipinski definition) is 2. The molecular formula is C33H30FN5. The highest BCUT2D eigenvalue weighted by Gasteiger charge is 2.15. The molecule has 0 aliphatic carbocycles. The Hall–Kier alpha value is -4.29. The number of aryl methyl sites for hydroxylation is 1. The van der Waals surface area contributed by atoms with E-state index in [0.717, 1.165) is 68.3 Å². The van der Waals surface area contributed by atoms with Crippen LogP contribution in [0.25, 0.3) is 55.4 Å². The van der Waals surface area contributed by atoms with Crippen molar-refractivity contribution in [3.63, 3.8) is 0 Å². The Bertz CT molecular complexity index is 1760. The van der Waals surface area contributed by atoms with Crippen LogP contribution >= 0.6 is 0 Å². The highest BCUT2D eigenvalue weighted by Crippen LogP contribution is 2.35. The zero-order valence-electron chi connectivity index (χ0n) is 21.8. The van der Waals surface area contributed by atoms with Gasteiger partial charge in [0.2, 0.25) is 0 Å². The van der Waals surface area contributed by atoms with E-state index in [1.54, 1.807) is 0 Å². The van der Waals surface area contributed by atoms with Crippen molar-refractivity contribution in [3.05, 3.63) is 96.6 Å². The van der Waals surface area contributed by atoms with Crippen LogP contribution in [0.3, 0.4) is 0 Å². The van der Waals surface area contributed by atoms with Gasteiger partial charge in [0.1, 0.15) is 11.5 Å². The first kappa shape index (κ1) is 23.8. The first-order chi connectivity index (χ1) is 19.2. The predicted octanol–water partition coefficient (Wildman–Crippen LogP) is 7.61. The minimum absolute atomic E-state index is 0.234. The van der Waals surface area contributed by atoms with E-state index in [2.05, 4.69) is 67.5 Å². The van der Waals surface area contributed by atoms with E-state index in [0.29, 0.717) is 0 Å². The third kappa shape index (κ3) is 4.72. The summed E-state index contributed by atoms with van der Waals surface area (Å²) in [7, 11) is 0. The van der Waals surface area contributed by atoms with Crippen LogP contribution in [0.15, 0.2) is 85.2 Å². The molecule has 39 heavy (non-hydrogen) atoms. The molecule has 5 nitrogen and oxygen atoms in total. The van der Waals surface area contributed by atoms with Crippen LogP contribution in [-0.2, 0) is 6.42 Å². The van der Waals surface area contributed by atoms with E-state index < -0.39 is 0 Å². The maximum atomic E-state index is 13.5. The van der Waals surface area contributed by atoms with Crippen LogP contribution in [0.5, 0.6) is 0 Å². The summed E-state index contributed by atoms with van der Waals surface area (Å²) in [5.74, 6) is -0.234. The number of fused-ring (bicyclic) bond motifs is 2. The number of pyridine rings is 1. The first-order valence-corrected chi connectivity index (χ1v) is 13.7. The number of halogens is 1. The molecule has 2 N–H and O–H groups in total. The molecule has 4 heterocycles. The van der Waals surface area contributed by atoms with Crippen molar-refractivity contribution in [2.45, 2.75) is 25.7 Å². The lowest BCUT2D eigenvalue weighted by atomic mass is 10.0. The van der Waals surface area contributed by atoms with Crippen molar-refractivity contribution in [2.75, 3.05) is 19.6 Å². The molecule has 1 aliphatic rings. The molecule has 0 bridgehead atoms. The largest absolute Gasteiger partial charge is 0.353 e. The highest BCUT2D eigenvalue weighted by atomic mass is 19.1. The molecular weight excluding hydrogens is 485 g/mol. The summed E-state index contributed by atoms with van der Waals surface area (Å²) in [6.45, 7) is 3.66. The quantitative estimate of drug-likeness (QED) is 0.230. The Balaban J connectivity index is 1.20. The lowest BCUT2D eigenvalue weighted by molar-refractivity contribution is 0.334. The number of benzene rings is 3. The zero-order valence-corrected chi connectivity index (χ0v) is 21.8. The van der Waals surface area contributed by atoms with Gasteiger partial charge in [0, 0.05) is 34.2 Å². The van der Waals surface area contributed by atoms with Gasteiger partial charge in [-0.1, -0.05) is 30.3 Å². The van der Waals surface area contributed by atoms with Gasteiger partial charge in [0.25, 0.3) is 0 Å². The molecule has 1 saturated heterocycles. The topological polar surface area (TPSA) is 60.6 Å². The van der Waals surface area contributed by atoms with Crippen molar-refractivity contribution >= 4 is 21.8 Å². The number of H-pyrrole nitrogens is 2. The Morgan fingerprint density at radius 1 is 0.795 bits per heavy atom. The van der Waals surface area contributed by atoms with Crippen LogP contribution in [-0.4, -0.2) is 44.7 Å². The van der Waals surface area contributed by atoms with Crippen LogP contribution in [0.4, 0.5) is 4.39 Å². The Morgan fingerprint density at radius 2 is 1.64 bits per heavy atom. The number of nitrogens with zero attached hydrogens (tertiary/aromatic N) is 3. The highest BCUT2D eigenvalue weighted by molar-refractivity contribution is 6.01. The lowest BCUT2D eigenvalue weighted by Gasteiger charge is -2.14. The van der Waals surface area contributed by atoms with Crippen LogP contribution in [0, 0.1) is 5.82 Å². The molecule has 7 rings (SSSR count). The summed E-state index contributed by atoms with van der Waals surface area (Å²) in [4.78, 5) is 10.7. The van der Waals surface area contributed by atoms with Gasteiger partial charge in [0.05, 0.1) is 11.2 Å². The fraction of sp³-hybridized carbons (Fsp3) is 0.212. The van der Waals surface area contributed by atoms with Crippen molar-refractivity contribution in [1.82, 2.24) is 25.1 Å². The van der Waals surface area contributed by atoms with E-state index in [1.807, 2.05) is 30.6 Å². The van der Waals surface area contributed by atoms with E-state index in [9.17, 15) is 4.39 Å². The zero-order chi connectivity index (χ0) is 26.2. The summed E-state index contributed by atoms with van der Waals surface area (Å²) in [6, 6.07) is 23.6. The lowest BCUT2D eigenvalue weighted by Crippen LogP contribution is -2.20. The molecule has 0 unspecified atom stereocenters. The maximum Gasteiger partial charge on any atom is 0.123 e. The molecule has 6 heteroatoms. The second-order valence-electron chi connectivity index (χ2n) is 10.5. The van der Waals surface area contributed by atoms with Crippen LogP contribution < -0.4 is 0 Å². The summed E-state index contributed by atoms with van der Waals surface area (Å²) in [6.07, 6.45) is 8.83. The monoisotopic (exact) mass is 515 g/mol. The number of hydrogen-bond acceptors (Lipinski definition) is 3. The minimum atomic E-state index is -0.234. The van der Waals surface area contributed by atoms with Gasteiger partial charge in [-0.3, -0.25) is 10.1 Å². The van der Waals surface area contributed by atoms with E-state index >= 15 is 0 Å². The SMILES string of the molecule is Fc1ccc(-c2cccc3[nH]c(-c4n[nH]c5ccc(-c6cncc(CCCN7CCCC7)c6)cc45)cc23)cc1. The molecule has 0 saturated carbocycles. The van der Waals surface area contributed by atoms with E-state index in [-0.39, 0.29) is 5.82 Å². The number of nitrogens with one attached hydrogen (secondary N) is 2. The summed E-state index contributed by atoms with van der Waals surface area (Å²) in [5, 5.41) is 10.0. The summed E-state index contributed by atoms with van der Waals surface area (Å²) < 4.78 is 13.5. The molecule has 0 spiro atoms. The fourth-order valence-corrected chi connectivity index (χ4v) is 5.86. The van der Waals surface area contributed by atoms with E-state index in [4.69, 9.17) is 0 Å². The van der Waals surface area contributed by atoms with Crippen molar-refractivity contribution in [1.29, 1.82) is 0 Å². The Labute approximate surface area is 226 Å². The van der Waals surface area contributed by atoms with Crippen LogP contribution in [0.2, 0.25) is 0 Å². The molecule has 0 atom stereocenters. The van der Waals surface area contributed by atoms with Gasteiger partial charge in [0.15, 0.2) is 0 Å². The predicted molar refractivity (Wildman–Crippen MR) is 156 cm³/mol. The molecule has 1 aliphatic heterocycles. The van der Waals surface area contributed by atoms with E-state index in [1.165, 1.54) is 50.2 Å². The average Bonchev–Trinajstić information content (AvgIpc) is 3.73. The standard InChI is InChI=1S/C33H30FN5/c34-26-11-8-23(9-12-26)27-6-3-7-30-28(27)19-32(36-30)33-29-18-24(10-13-31(29)37-38-33)25-17-22(20-35-21-25)5-4-16-39-14-1-2-15-39/h3,6-13,17-21,36H,1-2,4-5,14-16H2,(H,37,38). The van der Waals surface area contributed by atoms with Gasteiger partial charge in [-0.15, -0.1) is 0 Å². The van der Waals surface area contributed by atoms with Crippen molar-refractivity contribution < 1.29 is 4.39 Å². The summed E-state index contributed by atoms with van der Waals surface area (Å²) in [5.41, 5.74) is 9.39. The number of aromatic amines is 2. The van der Waals surface area contributed by atoms with Gasteiger partial charge in [-0.25, -0.2) is 4.39 Å². The molecule has 0 radical (unpaired) electrons.